The fraction of sp³-hybridized carbons (Fsp3) is 0.467. The third-order valence-electron chi connectivity index (χ3n) is 3.75. The normalized spacial score (nSPS) is 14.7. The molecule has 0 bridgehead atoms. The lowest BCUT2D eigenvalue weighted by atomic mass is 10.1. The summed E-state index contributed by atoms with van der Waals surface area (Å²) in [5, 5.41) is 16.4. The Morgan fingerprint density at radius 3 is 2.70 bits per heavy atom. The SMILES string of the molecule is CNc1ccc(C(=O)OCC(=O)N[C@@H](C)C2CC2)cc1[N+](=O)[O-]. The van der Waals surface area contributed by atoms with Gasteiger partial charge in [-0.15, -0.1) is 0 Å². The highest BCUT2D eigenvalue weighted by molar-refractivity contribution is 5.93. The predicted molar refractivity (Wildman–Crippen MR) is 83.3 cm³/mol. The van der Waals surface area contributed by atoms with Crippen LogP contribution in [0.25, 0.3) is 0 Å². The number of nitrogens with zero attached hydrogens (tertiary/aromatic N) is 1. The average molecular weight is 321 g/mol. The van der Waals surface area contributed by atoms with Crippen LogP contribution < -0.4 is 10.6 Å². The Morgan fingerprint density at radius 1 is 1.43 bits per heavy atom. The monoisotopic (exact) mass is 321 g/mol. The molecule has 8 nitrogen and oxygen atoms in total. The lowest BCUT2D eigenvalue weighted by Crippen LogP contribution is -2.37. The molecule has 1 fully saturated rings. The lowest BCUT2D eigenvalue weighted by Gasteiger charge is -2.12. The van der Waals surface area contributed by atoms with Gasteiger partial charge < -0.3 is 15.4 Å². The summed E-state index contributed by atoms with van der Waals surface area (Å²) in [5.74, 6) is -0.643. The van der Waals surface area contributed by atoms with Gasteiger partial charge in [-0.2, -0.15) is 0 Å². The molecule has 0 aromatic heterocycles. The van der Waals surface area contributed by atoms with Crippen molar-refractivity contribution in [3.8, 4) is 0 Å². The first-order chi connectivity index (χ1) is 10.9. The molecule has 0 aliphatic heterocycles. The molecular weight excluding hydrogens is 302 g/mol. The molecule has 0 spiro atoms. The highest BCUT2D eigenvalue weighted by Crippen LogP contribution is 2.32. The van der Waals surface area contributed by atoms with Crippen LogP contribution in [-0.2, 0) is 9.53 Å². The Kier molecular flexibility index (Phi) is 5.15. The number of ether oxygens (including phenoxy) is 1. The molecule has 2 rings (SSSR count). The first kappa shape index (κ1) is 16.7. The number of hydrogen-bond acceptors (Lipinski definition) is 6. The number of amides is 1. The second kappa shape index (κ2) is 7.08. The number of esters is 1. The van der Waals surface area contributed by atoms with E-state index in [1.165, 1.54) is 12.1 Å². The van der Waals surface area contributed by atoms with Crippen LogP contribution in [0.2, 0.25) is 0 Å². The van der Waals surface area contributed by atoms with Crippen LogP contribution >= 0.6 is 0 Å². The summed E-state index contributed by atoms with van der Waals surface area (Å²) in [6.45, 7) is 1.51. The molecule has 1 aromatic rings. The van der Waals surface area contributed by atoms with Crippen molar-refractivity contribution in [1.82, 2.24) is 5.32 Å². The molecule has 0 saturated heterocycles. The summed E-state index contributed by atoms with van der Waals surface area (Å²) < 4.78 is 4.91. The van der Waals surface area contributed by atoms with Gasteiger partial charge in [0, 0.05) is 19.2 Å². The Bertz CT molecular complexity index is 628. The molecule has 8 heteroatoms. The molecule has 2 N–H and O–H groups in total. The summed E-state index contributed by atoms with van der Waals surface area (Å²) in [6, 6.07) is 4.02. The summed E-state index contributed by atoms with van der Waals surface area (Å²) in [4.78, 5) is 34.0. The number of carbonyl (C=O) groups is 2. The Hall–Kier alpha value is -2.64. The summed E-state index contributed by atoms with van der Waals surface area (Å²) in [6.07, 6.45) is 2.20. The minimum absolute atomic E-state index is 0.0266. The molecule has 1 atom stereocenters. The van der Waals surface area contributed by atoms with Gasteiger partial charge in [0.25, 0.3) is 11.6 Å². The second-order valence-electron chi connectivity index (χ2n) is 5.51. The Morgan fingerprint density at radius 2 is 2.13 bits per heavy atom. The van der Waals surface area contributed by atoms with E-state index in [1.807, 2.05) is 6.92 Å². The number of benzene rings is 1. The Labute approximate surface area is 133 Å². The number of nitro benzene ring substituents is 1. The van der Waals surface area contributed by atoms with Crippen molar-refractivity contribution in [2.24, 2.45) is 5.92 Å². The van der Waals surface area contributed by atoms with Crippen molar-refractivity contribution in [2.45, 2.75) is 25.8 Å². The van der Waals surface area contributed by atoms with E-state index in [1.54, 1.807) is 7.05 Å². The van der Waals surface area contributed by atoms with Crippen LogP contribution in [0.3, 0.4) is 0 Å². The Balaban J connectivity index is 1.93. The number of anilines is 1. The highest BCUT2D eigenvalue weighted by Gasteiger charge is 2.29. The molecular formula is C15H19N3O5. The van der Waals surface area contributed by atoms with Crippen molar-refractivity contribution >= 4 is 23.3 Å². The van der Waals surface area contributed by atoms with Crippen molar-refractivity contribution < 1.29 is 19.2 Å². The molecule has 0 unspecified atom stereocenters. The molecule has 0 heterocycles. The van der Waals surface area contributed by atoms with E-state index in [0.717, 1.165) is 18.9 Å². The lowest BCUT2D eigenvalue weighted by molar-refractivity contribution is -0.384. The molecule has 23 heavy (non-hydrogen) atoms. The van der Waals surface area contributed by atoms with Gasteiger partial charge in [0.1, 0.15) is 5.69 Å². The van der Waals surface area contributed by atoms with E-state index >= 15 is 0 Å². The third-order valence-corrected chi connectivity index (χ3v) is 3.75. The molecule has 124 valence electrons. The van der Waals surface area contributed by atoms with Crippen LogP contribution in [0.4, 0.5) is 11.4 Å². The fourth-order valence-electron chi connectivity index (χ4n) is 2.25. The topological polar surface area (TPSA) is 111 Å². The number of hydrogen-bond donors (Lipinski definition) is 2. The first-order valence-electron chi connectivity index (χ1n) is 7.35. The zero-order valence-electron chi connectivity index (χ0n) is 13.0. The standard InChI is InChI=1S/C15H19N3O5/c1-9(10-3-4-10)17-14(19)8-23-15(20)11-5-6-12(16-2)13(7-11)18(21)22/h5-7,9-10,16H,3-4,8H2,1-2H3,(H,17,19)/t9-/m0/s1. The van der Waals surface area contributed by atoms with Crippen molar-refractivity contribution in [3.05, 3.63) is 33.9 Å². The van der Waals surface area contributed by atoms with E-state index in [-0.39, 0.29) is 23.2 Å². The van der Waals surface area contributed by atoms with Gasteiger partial charge >= 0.3 is 5.97 Å². The van der Waals surface area contributed by atoms with Crippen molar-refractivity contribution in [2.75, 3.05) is 19.0 Å². The van der Waals surface area contributed by atoms with E-state index < -0.39 is 17.5 Å². The largest absolute Gasteiger partial charge is 0.452 e. The molecule has 1 aliphatic rings. The fourth-order valence-corrected chi connectivity index (χ4v) is 2.25. The minimum Gasteiger partial charge on any atom is -0.452 e. The molecule has 1 saturated carbocycles. The minimum atomic E-state index is -0.773. The summed E-state index contributed by atoms with van der Waals surface area (Å²) in [7, 11) is 1.55. The van der Waals surface area contributed by atoms with Gasteiger partial charge in [-0.25, -0.2) is 4.79 Å². The zero-order chi connectivity index (χ0) is 17.0. The number of nitrogens with one attached hydrogen (secondary N) is 2. The van der Waals surface area contributed by atoms with Gasteiger partial charge in [-0.1, -0.05) is 0 Å². The number of carbonyl (C=O) groups excluding carboxylic acids is 2. The zero-order valence-corrected chi connectivity index (χ0v) is 13.0. The maximum atomic E-state index is 11.9. The van der Waals surface area contributed by atoms with Crippen molar-refractivity contribution in [1.29, 1.82) is 0 Å². The van der Waals surface area contributed by atoms with Crippen LogP contribution in [0.15, 0.2) is 18.2 Å². The summed E-state index contributed by atoms with van der Waals surface area (Å²) >= 11 is 0. The maximum absolute atomic E-state index is 11.9. The summed E-state index contributed by atoms with van der Waals surface area (Å²) in [5.41, 5.74) is 0.0926. The quantitative estimate of drug-likeness (QED) is 0.449. The van der Waals surface area contributed by atoms with E-state index in [2.05, 4.69) is 10.6 Å². The number of rotatable bonds is 7. The average Bonchev–Trinajstić information content (AvgIpc) is 3.36. The molecule has 1 aliphatic carbocycles. The highest BCUT2D eigenvalue weighted by atomic mass is 16.6. The molecule has 0 radical (unpaired) electrons. The third kappa shape index (κ3) is 4.41. The van der Waals surface area contributed by atoms with Crippen molar-refractivity contribution in [3.63, 3.8) is 0 Å². The van der Waals surface area contributed by atoms with Crippen LogP contribution in [0.1, 0.15) is 30.1 Å². The van der Waals surface area contributed by atoms with Crippen LogP contribution in [0.5, 0.6) is 0 Å². The van der Waals surface area contributed by atoms with Gasteiger partial charge in [0.05, 0.1) is 10.5 Å². The van der Waals surface area contributed by atoms with Crippen LogP contribution in [0, 0.1) is 16.0 Å². The van der Waals surface area contributed by atoms with Gasteiger partial charge in [0.15, 0.2) is 6.61 Å². The number of nitro groups is 1. The van der Waals surface area contributed by atoms with E-state index in [0.29, 0.717) is 11.6 Å². The predicted octanol–water partition coefficient (Wildman–Crippen LogP) is 1.71. The van der Waals surface area contributed by atoms with Gasteiger partial charge in [-0.3, -0.25) is 14.9 Å². The second-order valence-corrected chi connectivity index (χ2v) is 5.51. The van der Waals surface area contributed by atoms with Crippen LogP contribution in [-0.4, -0.2) is 36.5 Å². The van der Waals surface area contributed by atoms with Gasteiger partial charge in [0.2, 0.25) is 0 Å². The van der Waals surface area contributed by atoms with E-state index in [9.17, 15) is 19.7 Å². The van der Waals surface area contributed by atoms with Gasteiger partial charge in [-0.05, 0) is 37.8 Å². The van der Waals surface area contributed by atoms with E-state index in [4.69, 9.17) is 4.74 Å². The molecule has 1 amide bonds. The smallest absolute Gasteiger partial charge is 0.338 e. The maximum Gasteiger partial charge on any atom is 0.338 e. The molecule has 1 aromatic carbocycles. The first-order valence-corrected chi connectivity index (χ1v) is 7.35.